The highest BCUT2D eigenvalue weighted by Crippen LogP contribution is 2.20. The van der Waals surface area contributed by atoms with Crippen LogP contribution in [0.5, 0.6) is 0 Å². The zero-order chi connectivity index (χ0) is 15.9. The number of aromatic nitrogens is 1. The zero-order valence-electron chi connectivity index (χ0n) is 12.7. The number of halogens is 1. The summed E-state index contributed by atoms with van der Waals surface area (Å²) in [6.45, 7) is 5.62. The van der Waals surface area contributed by atoms with Crippen LogP contribution < -0.4 is 5.32 Å². The van der Waals surface area contributed by atoms with E-state index >= 15 is 0 Å². The number of alkyl carbamates (subject to hydrolysis) is 1. The lowest BCUT2D eigenvalue weighted by molar-refractivity contribution is 0.0499. The minimum Gasteiger partial charge on any atom is -0.444 e. The predicted octanol–water partition coefficient (Wildman–Crippen LogP) is 3.57. The molecule has 1 aromatic rings. The maximum absolute atomic E-state index is 11.9. The summed E-state index contributed by atoms with van der Waals surface area (Å²) >= 11 is 3.33. The maximum Gasteiger partial charge on any atom is 0.408 e. The van der Waals surface area contributed by atoms with E-state index in [1.165, 1.54) is 0 Å². The van der Waals surface area contributed by atoms with Gasteiger partial charge in [-0.05, 0) is 68.1 Å². The second-order valence-electron chi connectivity index (χ2n) is 5.80. The first-order valence-electron chi connectivity index (χ1n) is 7.04. The summed E-state index contributed by atoms with van der Waals surface area (Å²) in [5.74, 6) is 0. The van der Waals surface area contributed by atoms with Gasteiger partial charge in [0.15, 0.2) is 0 Å². The molecule has 1 heterocycles. The summed E-state index contributed by atoms with van der Waals surface area (Å²) in [5.41, 5.74) is 0.234. The van der Waals surface area contributed by atoms with Crippen LogP contribution in [0.2, 0.25) is 0 Å². The molecule has 0 unspecified atom stereocenters. The highest BCUT2D eigenvalue weighted by Gasteiger charge is 2.21. The minimum absolute atomic E-state index is 0.144. The third-order valence-corrected chi connectivity index (χ3v) is 3.13. The molecule has 0 aliphatic carbocycles. The maximum atomic E-state index is 11.9. The molecule has 0 saturated heterocycles. The van der Waals surface area contributed by atoms with Crippen molar-refractivity contribution in [1.29, 1.82) is 0 Å². The molecule has 0 radical (unpaired) electrons. The molecule has 0 spiro atoms. The highest BCUT2D eigenvalue weighted by molar-refractivity contribution is 9.10. The number of hydrogen-bond acceptors (Lipinski definition) is 4. The summed E-state index contributed by atoms with van der Waals surface area (Å²) in [4.78, 5) is 16.3. The zero-order valence-corrected chi connectivity index (χ0v) is 14.3. The van der Waals surface area contributed by atoms with Gasteiger partial charge in [-0.15, -0.1) is 0 Å². The van der Waals surface area contributed by atoms with Gasteiger partial charge in [0.05, 0.1) is 11.7 Å². The molecule has 0 fully saturated rings. The molecule has 21 heavy (non-hydrogen) atoms. The summed E-state index contributed by atoms with van der Waals surface area (Å²) in [6, 6.07) is 5.35. The number of rotatable bonds is 6. The van der Waals surface area contributed by atoms with Crippen LogP contribution >= 0.6 is 15.9 Å². The molecule has 1 atom stereocenters. The molecule has 1 rings (SSSR count). The van der Waals surface area contributed by atoms with Gasteiger partial charge in [-0.25, -0.2) is 9.78 Å². The Balaban J connectivity index is 2.75. The normalized spacial score (nSPS) is 12.8. The van der Waals surface area contributed by atoms with Crippen LogP contribution in [-0.2, 0) is 4.74 Å². The fourth-order valence-electron chi connectivity index (χ4n) is 1.82. The smallest absolute Gasteiger partial charge is 0.408 e. The Morgan fingerprint density at radius 3 is 2.71 bits per heavy atom. The Kier molecular flexibility index (Phi) is 7.11. The van der Waals surface area contributed by atoms with Crippen LogP contribution in [0.3, 0.4) is 0 Å². The lowest BCUT2D eigenvalue weighted by atomic mass is 10.1. The van der Waals surface area contributed by atoms with Crippen molar-refractivity contribution in [2.24, 2.45) is 0 Å². The third kappa shape index (κ3) is 7.43. The van der Waals surface area contributed by atoms with Crippen molar-refractivity contribution < 1.29 is 14.6 Å². The molecule has 1 amide bonds. The van der Waals surface area contributed by atoms with Crippen molar-refractivity contribution in [1.82, 2.24) is 10.3 Å². The van der Waals surface area contributed by atoms with E-state index in [-0.39, 0.29) is 12.6 Å². The number of ether oxygens (including phenoxy) is 1. The number of carbonyl (C=O) groups is 1. The molecule has 6 heteroatoms. The number of hydrogen-bond donors (Lipinski definition) is 2. The van der Waals surface area contributed by atoms with Crippen LogP contribution in [-0.4, -0.2) is 28.4 Å². The van der Waals surface area contributed by atoms with Gasteiger partial charge in [0, 0.05) is 6.61 Å². The van der Waals surface area contributed by atoms with Crippen molar-refractivity contribution in [2.45, 2.75) is 51.7 Å². The Labute approximate surface area is 134 Å². The number of aliphatic hydroxyl groups is 1. The number of nitrogens with zero attached hydrogens (tertiary/aromatic N) is 1. The predicted molar refractivity (Wildman–Crippen MR) is 85.0 cm³/mol. The first-order valence-corrected chi connectivity index (χ1v) is 7.84. The minimum atomic E-state index is -0.537. The lowest BCUT2D eigenvalue weighted by Crippen LogP contribution is -2.35. The van der Waals surface area contributed by atoms with Crippen molar-refractivity contribution in [3.05, 3.63) is 28.5 Å². The molecule has 118 valence electrons. The van der Waals surface area contributed by atoms with Gasteiger partial charge >= 0.3 is 6.09 Å². The van der Waals surface area contributed by atoms with E-state index in [0.29, 0.717) is 12.8 Å². The van der Waals surface area contributed by atoms with Gasteiger partial charge in [0.1, 0.15) is 10.2 Å². The van der Waals surface area contributed by atoms with E-state index < -0.39 is 11.7 Å². The fourth-order valence-corrected chi connectivity index (χ4v) is 2.18. The molecule has 0 aromatic carbocycles. The van der Waals surface area contributed by atoms with Crippen molar-refractivity contribution in [2.75, 3.05) is 6.61 Å². The molecule has 0 aliphatic heterocycles. The summed E-state index contributed by atoms with van der Waals surface area (Å²) < 4.78 is 6.01. The van der Waals surface area contributed by atoms with Crippen LogP contribution in [0.4, 0.5) is 4.79 Å². The molecule has 0 aliphatic rings. The lowest BCUT2D eigenvalue weighted by Gasteiger charge is -2.23. The van der Waals surface area contributed by atoms with Crippen LogP contribution in [0.15, 0.2) is 22.8 Å². The Morgan fingerprint density at radius 1 is 1.43 bits per heavy atom. The Morgan fingerprint density at radius 2 is 2.14 bits per heavy atom. The Bertz CT molecular complexity index is 460. The number of pyridine rings is 1. The van der Waals surface area contributed by atoms with Gasteiger partial charge in [0.25, 0.3) is 0 Å². The van der Waals surface area contributed by atoms with Crippen molar-refractivity contribution >= 4 is 22.0 Å². The number of unbranched alkanes of at least 4 members (excludes halogenated alkanes) is 1. The summed E-state index contributed by atoms with van der Waals surface area (Å²) in [6.07, 6.45) is 1.73. The van der Waals surface area contributed by atoms with Crippen LogP contribution in [0.1, 0.15) is 51.8 Å². The van der Waals surface area contributed by atoms with E-state index in [2.05, 4.69) is 26.2 Å². The average Bonchev–Trinajstić information content (AvgIpc) is 2.35. The van der Waals surface area contributed by atoms with Crippen LogP contribution in [0, 0.1) is 0 Å². The first kappa shape index (κ1) is 17.9. The first-order chi connectivity index (χ1) is 9.81. The van der Waals surface area contributed by atoms with Gasteiger partial charge in [-0.1, -0.05) is 6.07 Å². The number of nitrogens with one attached hydrogen (secondary N) is 1. The number of amides is 1. The standard InChI is InChI=1S/C15H23BrN2O3/c1-15(2,3)21-14(20)18-12(7-4-5-10-19)11-8-6-9-13(16)17-11/h6,8-9,12,19H,4-5,7,10H2,1-3H3,(H,18,20)/t12-/m0/s1. The molecule has 2 N–H and O–H groups in total. The molecule has 0 bridgehead atoms. The Hall–Kier alpha value is -1.14. The van der Waals surface area contributed by atoms with Gasteiger partial charge in [0.2, 0.25) is 0 Å². The number of aliphatic hydroxyl groups excluding tert-OH is 1. The van der Waals surface area contributed by atoms with Gasteiger partial charge in [-0.2, -0.15) is 0 Å². The van der Waals surface area contributed by atoms with Crippen molar-refractivity contribution in [3.8, 4) is 0 Å². The monoisotopic (exact) mass is 358 g/mol. The van der Waals surface area contributed by atoms with E-state index in [1.54, 1.807) is 0 Å². The van der Waals surface area contributed by atoms with Crippen LogP contribution in [0.25, 0.3) is 0 Å². The summed E-state index contributed by atoms with van der Waals surface area (Å²) in [7, 11) is 0. The van der Waals surface area contributed by atoms with Gasteiger partial charge < -0.3 is 15.2 Å². The highest BCUT2D eigenvalue weighted by atomic mass is 79.9. The molecule has 1 aromatic heterocycles. The van der Waals surface area contributed by atoms with E-state index in [1.807, 2.05) is 39.0 Å². The van der Waals surface area contributed by atoms with E-state index in [4.69, 9.17) is 9.84 Å². The van der Waals surface area contributed by atoms with Crippen molar-refractivity contribution in [3.63, 3.8) is 0 Å². The second kappa shape index (κ2) is 8.34. The topological polar surface area (TPSA) is 71.5 Å². The molecule has 5 nitrogen and oxygen atoms in total. The van der Waals surface area contributed by atoms with E-state index in [9.17, 15) is 4.79 Å². The third-order valence-electron chi connectivity index (χ3n) is 2.69. The molecular formula is C15H23BrN2O3. The van der Waals surface area contributed by atoms with Gasteiger partial charge in [-0.3, -0.25) is 0 Å². The van der Waals surface area contributed by atoms with E-state index in [0.717, 1.165) is 16.7 Å². The number of carbonyl (C=O) groups excluding carboxylic acids is 1. The summed E-state index contributed by atoms with van der Waals surface area (Å²) in [5, 5.41) is 11.7. The SMILES string of the molecule is CC(C)(C)OC(=O)N[C@@H](CCCCO)c1cccc(Br)n1. The largest absolute Gasteiger partial charge is 0.444 e. The quantitative estimate of drug-likeness (QED) is 0.602. The molecule has 0 saturated carbocycles. The average molecular weight is 359 g/mol. The second-order valence-corrected chi connectivity index (χ2v) is 6.62. The molecular weight excluding hydrogens is 336 g/mol. The fraction of sp³-hybridized carbons (Fsp3) is 0.600.